The van der Waals surface area contributed by atoms with E-state index in [0.717, 1.165) is 10.4 Å². The smallest absolute Gasteiger partial charge is 0.0992 e. The Morgan fingerprint density at radius 3 is 2.60 bits per heavy atom. The molecule has 1 aromatic heterocycles. The van der Waals surface area contributed by atoms with Gasteiger partial charge in [-0.3, -0.25) is 0 Å². The lowest BCUT2D eigenvalue weighted by Crippen LogP contribution is -1.89. The molecule has 0 aliphatic heterocycles. The van der Waals surface area contributed by atoms with Gasteiger partial charge in [-0.15, -0.1) is 11.3 Å². The van der Waals surface area contributed by atoms with Crippen molar-refractivity contribution in [2.24, 2.45) is 0 Å². The second kappa shape index (κ2) is 3.76. The van der Waals surface area contributed by atoms with Crippen LogP contribution in [0.2, 0.25) is 0 Å². The molecule has 2 nitrogen and oxygen atoms in total. The van der Waals surface area contributed by atoms with Crippen molar-refractivity contribution in [3.63, 3.8) is 0 Å². The number of hydrogen-bond donors (Lipinski definition) is 1. The van der Waals surface area contributed by atoms with Crippen molar-refractivity contribution in [3.8, 4) is 16.5 Å². The van der Waals surface area contributed by atoms with Gasteiger partial charge in [0, 0.05) is 21.0 Å². The number of nitrogens with two attached hydrogens (primary N) is 1. The third kappa shape index (κ3) is 1.85. The van der Waals surface area contributed by atoms with Crippen LogP contribution in [0.25, 0.3) is 10.4 Å². The van der Waals surface area contributed by atoms with Crippen LogP contribution in [0.5, 0.6) is 0 Å². The molecule has 0 atom stereocenters. The van der Waals surface area contributed by atoms with Gasteiger partial charge >= 0.3 is 0 Å². The van der Waals surface area contributed by atoms with E-state index < -0.39 is 0 Å². The number of nitriles is 1. The maximum Gasteiger partial charge on any atom is 0.0992 e. The molecule has 0 aliphatic rings. The van der Waals surface area contributed by atoms with Crippen molar-refractivity contribution in [2.45, 2.75) is 6.92 Å². The van der Waals surface area contributed by atoms with E-state index in [9.17, 15) is 0 Å². The third-order valence-electron chi connectivity index (χ3n) is 2.19. The molecule has 0 aliphatic carbocycles. The minimum Gasteiger partial charge on any atom is -0.398 e. The summed E-state index contributed by atoms with van der Waals surface area (Å²) in [6.45, 7) is 2.06. The fourth-order valence-corrected chi connectivity index (χ4v) is 2.35. The van der Waals surface area contributed by atoms with Gasteiger partial charge in [0.05, 0.1) is 11.6 Å². The van der Waals surface area contributed by atoms with E-state index in [1.54, 1.807) is 23.5 Å². The van der Waals surface area contributed by atoms with Crippen LogP contribution < -0.4 is 5.73 Å². The lowest BCUT2D eigenvalue weighted by atomic mass is 10.1. The summed E-state index contributed by atoms with van der Waals surface area (Å²) in [5.74, 6) is 0. The van der Waals surface area contributed by atoms with Gasteiger partial charge in [0.25, 0.3) is 0 Å². The molecule has 0 bridgehead atoms. The van der Waals surface area contributed by atoms with Crippen molar-refractivity contribution in [2.75, 3.05) is 5.73 Å². The molecule has 74 valence electrons. The molecule has 0 saturated carbocycles. The minimum atomic E-state index is 0.601. The molecular weight excluding hydrogens is 204 g/mol. The number of benzene rings is 1. The van der Waals surface area contributed by atoms with Gasteiger partial charge in [0.2, 0.25) is 0 Å². The van der Waals surface area contributed by atoms with E-state index in [4.69, 9.17) is 11.0 Å². The Labute approximate surface area is 92.6 Å². The summed E-state index contributed by atoms with van der Waals surface area (Å²) in [6, 6.07) is 11.6. The quantitative estimate of drug-likeness (QED) is 0.741. The number of nitrogens with zero attached hydrogens (tertiary/aromatic N) is 1. The first-order chi connectivity index (χ1) is 7.20. The molecule has 2 rings (SSSR count). The Morgan fingerprint density at radius 2 is 2.07 bits per heavy atom. The van der Waals surface area contributed by atoms with Gasteiger partial charge in [-0.25, -0.2) is 0 Å². The van der Waals surface area contributed by atoms with Crippen LogP contribution in [0.3, 0.4) is 0 Å². The van der Waals surface area contributed by atoms with Crippen molar-refractivity contribution >= 4 is 17.0 Å². The van der Waals surface area contributed by atoms with Gasteiger partial charge in [-0.1, -0.05) is 6.07 Å². The van der Waals surface area contributed by atoms with E-state index >= 15 is 0 Å². The molecule has 0 unspecified atom stereocenters. The molecule has 1 aromatic carbocycles. The van der Waals surface area contributed by atoms with Crippen LogP contribution >= 0.6 is 11.3 Å². The summed E-state index contributed by atoms with van der Waals surface area (Å²) in [7, 11) is 0. The standard InChI is InChI=1S/C12H10N2S/c1-8-2-5-12(15-8)10-4-3-9(7-13)6-11(10)14/h2-6H,14H2,1H3. The summed E-state index contributed by atoms with van der Waals surface area (Å²) in [5, 5.41) is 8.72. The first-order valence-electron chi connectivity index (χ1n) is 4.57. The highest BCUT2D eigenvalue weighted by Gasteiger charge is 2.05. The highest BCUT2D eigenvalue weighted by atomic mass is 32.1. The van der Waals surface area contributed by atoms with Crippen LogP contribution in [0.15, 0.2) is 30.3 Å². The lowest BCUT2D eigenvalue weighted by Gasteiger charge is -2.02. The fraction of sp³-hybridized carbons (Fsp3) is 0.0833. The Morgan fingerprint density at radius 1 is 1.27 bits per heavy atom. The summed E-state index contributed by atoms with van der Waals surface area (Å²) in [5.41, 5.74) is 8.16. The first-order valence-corrected chi connectivity index (χ1v) is 5.39. The summed E-state index contributed by atoms with van der Waals surface area (Å²) in [6.07, 6.45) is 0. The van der Waals surface area contributed by atoms with Crippen molar-refractivity contribution < 1.29 is 0 Å². The van der Waals surface area contributed by atoms with Crippen LogP contribution in [0.4, 0.5) is 5.69 Å². The predicted molar refractivity (Wildman–Crippen MR) is 63.6 cm³/mol. The first kappa shape index (κ1) is 9.75. The third-order valence-corrected chi connectivity index (χ3v) is 3.22. The highest BCUT2D eigenvalue weighted by Crippen LogP contribution is 2.32. The number of thiophene rings is 1. The van der Waals surface area contributed by atoms with Crippen molar-refractivity contribution in [3.05, 3.63) is 40.8 Å². The Bertz CT molecular complexity index is 535. The van der Waals surface area contributed by atoms with Gasteiger partial charge in [-0.05, 0) is 31.2 Å². The average Bonchev–Trinajstić information content (AvgIpc) is 2.64. The van der Waals surface area contributed by atoms with E-state index in [1.807, 2.05) is 6.07 Å². The van der Waals surface area contributed by atoms with E-state index in [0.29, 0.717) is 11.3 Å². The zero-order chi connectivity index (χ0) is 10.8. The lowest BCUT2D eigenvalue weighted by molar-refractivity contribution is 1.49. The Balaban J connectivity index is 2.51. The maximum absolute atomic E-state index is 8.72. The van der Waals surface area contributed by atoms with Gasteiger partial charge in [0.15, 0.2) is 0 Å². The SMILES string of the molecule is Cc1ccc(-c2ccc(C#N)cc2N)s1. The number of rotatable bonds is 1. The number of anilines is 1. The molecule has 3 heteroatoms. The van der Waals surface area contributed by atoms with E-state index in [-0.39, 0.29) is 0 Å². The normalized spacial score (nSPS) is 9.87. The molecule has 2 aromatic rings. The molecule has 0 spiro atoms. The van der Waals surface area contributed by atoms with E-state index in [2.05, 4.69) is 25.1 Å². The second-order valence-electron chi connectivity index (χ2n) is 3.32. The van der Waals surface area contributed by atoms with Crippen molar-refractivity contribution in [1.29, 1.82) is 5.26 Å². The topological polar surface area (TPSA) is 49.8 Å². The Hall–Kier alpha value is -1.79. The van der Waals surface area contributed by atoms with Crippen LogP contribution in [-0.2, 0) is 0 Å². The number of aryl methyl sites for hydroxylation is 1. The Kier molecular flexibility index (Phi) is 2.44. The minimum absolute atomic E-state index is 0.601. The van der Waals surface area contributed by atoms with Crippen LogP contribution in [-0.4, -0.2) is 0 Å². The van der Waals surface area contributed by atoms with Crippen LogP contribution in [0, 0.1) is 18.3 Å². The zero-order valence-corrected chi connectivity index (χ0v) is 9.14. The number of nitrogen functional groups attached to an aromatic ring is 1. The molecule has 0 amide bonds. The maximum atomic E-state index is 8.72. The van der Waals surface area contributed by atoms with E-state index in [1.165, 1.54) is 4.88 Å². The molecule has 0 radical (unpaired) electrons. The number of hydrogen-bond acceptors (Lipinski definition) is 3. The predicted octanol–water partition coefficient (Wildman–Crippen LogP) is 3.18. The molecular formula is C12H10N2S. The molecule has 2 N–H and O–H groups in total. The summed E-state index contributed by atoms with van der Waals surface area (Å²) >= 11 is 1.71. The van der Waals surface area contributed by atoms with Gasteiger partial charge < -0.3 is 5.73 Å². The molecule has 0 fully saturated rings. The highest BCUT2D eigenvalue weighted by molar-refractivity contribution is 7.15. The van der Waals surface area contributed by atoms with Gasteiger partial charge in [0.1, 0.15) is 0 Å². The second-order valence-corrected chi connectivity index (χ2v) is 4.61. The molecule has 0 saturated heterocycles. The van der Waals surface area contributed by atoms with Crippen molar-refractivity contribution in [1.82, 2.24) is 0 Å². The fourth-order valence-electron chi connectivity index (χ4n) is 1.44. The zero-order valence-electron chi connectivity index (χ0n) is 8.32. The molecule has 15 heavy (non-hydrogen) atoms. The summed E-state index contributed by atoms with van der Waals surface area (Å²) < 4.78 is 0. The van der Waals surface area contributed by atoms with Gasteiger partial charge in [-0.2, -0.15) is 5.26 Å². The summed E-state index contributed by atoms with van der Waals surface area (Å²) in [4.78, 5) is 2.41. The largest absolute Gasteiger partial charge is 0.398 e. The average molecular weight is 214 g/mol. The molecule has 1 heterocycles. The van der Waals surface area contributed by atoms with Crippen LogP contribution in [0.1, 0.15) is 10.4 Å². The monoisotopic (exact) mass is 214 g/mol.